The molecule has 7 rings (SSSR count). The van der Waals surface area contributed by atoms with Crippen molar-refractivity contribution in [3.05, 3.63) is 149 Å². The summed E-state index contributed by atoms with van der Waals surface area (Å²) in [5.41, 5.74) is 3.81. The first-order valence-corrected chi connectivity index (χ1v) is 18.6. The number of Topliss-reactive ketones (excluding diaryl/α,β-unsaturated/α-hetero) is 1. The van der Waals surface area contributed by atoms with E-state index >= 15 is 0 Å². The van der Waals surface area contributed by atoms with Crippen LogP contribution < -0.4 is 0 Å². The summed E-state index contributed by atoms with van der Waals surface area (Å²) in [4.78, 5) is 15.1. The number of hydrogen-bond donors (Lipinski definition) is 0. The number of nitrogens with zero attached hydrogens (tertiary/aromatic N) is 2. The number of carbonyl (C=O) groups excluding carboxylic acids is 1. The van der Waals surface area contributed by atoms with E-state index in [0.29, 0.717) is 5.56 Å². The van der Waals surface area contributed by atoms with Crippen LogP contribution in [-0.2, 0) is 20.0 Å². The highest BCUT2D eigenvalue weighted by atomic mass is 32.2. The molecule has 9 heteroatoms. The average Bonchev–Trinajstić information content (AvgIpc) is 3.66. The van der Waals surface area contributed by atoms with Gasteiger partial charge < -0.3 is 0 Å². The molecular formula is C38H36N2O5S2. The van der Waals surface area contributed by atoms with Crippen molar-refractivity contribution in [2.45, 2.75) is 23.6 Å². The van der Waals surface area contributed by atoms with E-state index in [4.69, 9.17) is 0 Å². The van der Waals surface area contributed by atoms with E-state index in [1.807, 2.05) is 74.5 Å². The zero-order valence-corrected chi connectivity index (χ0v) is 27.9. The first-order valence-electron chi connectivity index (χ1n) is 15.7. The molecule has 47 heavy (non-hydrogen) atoms. The quantitative estimate of drug-likeness (QED) is 0.175. The van der Waals surface area contributed by atoms with E-state index < -0.39 is 31.4 Å². The van der Waals surface area contributed by atoms with E-state index in [1.54, 1.807) is 60.7 Å². The molecule has 240 valence electrons. The molecule has 2 fully saturated rings. The second-order valence-electron chi connectivity index (χ2n) is 12.8. The molecule has 7 nitrogen and oxygen atoms in total. The Labute approximate surface area is 277 Å². The molecule has 2 saturated heterocycles. The Morgan fingerprint density at radius 1 is 0.681 bits per heavy atom. The summed E-state index contributed by atoms with van der Waals surface area (Å²) in [5, 5.41) is 0. The third-order valence-electron chi connectivity index (χ3n) is 9.82. The van der Waals surface area contributed by atoms with Crippen LogP contribution in [0, 0.1) is 31.1 Å². The molecule has 3 atom stereocenters. The van der Waals surface area contributed by atoms with E-state index in [0.717, 1.165) is 27.8 Å². The smallest absolute Gasteiger partial charge is 0.243 e. The Bertz CT molecular complexity index is 2110. The number of rotatable bonds is 7. The fourth-order valence-electron chi connectivity index (χ4n) is 7.28. The first-order chi connectivity index (χ1) is 22.5. The largest absolute Gasteiger partial charge is 0.293 e. The molecule has 0 spiro atoms. The Morgan fingerprint density at radius 3 is 1.79 bits per heavy atom. The van der Waals surface area contributed by atoms with Crippen molar-refractivity contribution in [2.24, 2.45) is 17.3 Å². The third kappa shape index (κ3) is 5.41. The minimum Gasteiger partial charge on any atom is -0.293 e. The van der Waals surface area contributed by atoms with Gasteiger partial charge in [-0.1, -0.05) is 108 Å². The third-order valence-corrected chi connectivity index (χ3v) is 13.5. The topological polar surface area (TPSA) is 91.8 Å². The standard InChI is InChI=1S/C38H36N2O5S2/c1-27-13-17-32(18-14-27)46(42,43)39-23-31-21-22-38(37(41)30-11-7-4-8-12-30)26-40(47(44,45)33-19-15-28(2)16-20-33)25-35(38)36(34(31)24-39)29-9-5-3-6-10-29/h3-22,31,35H,23-26H2,1-2H3/t31-,35+,38-/m0/s1. The second-order valence-corrected chi connectivity index (χ2v) is 16.7. The predicted molar refractivity (Wildman–Crippen MR) is 183 cm³/mol. The van der Waals surface area contributed by atoms with Crippen LogP contribution in [-0.4, -0.2) is 57.4 Å². The minimum absolute atomic E-state index is 0.0280. The number of fused-ring (bicyclic) bond motifs is 2. The SMILES string of the molecule is Cc1ccc(S(=O)(=O)N2CC3=C(c4ccccc4)[C@H]4CN(S(=O)(=O)c5ccc(C)cc5)C[C@@]4(C(=O)c4ccccc4)C=C[C@H]3C2)cc1. The lowest BCUT2D eigenvalue weighted by molar-refractivity contribution is 0.0842. The van der Waals surface area contributed by atoms with E-state index in [-0.39, 0.29) is 47.7 Å². The van der Waals surface area contributed by atoms with Crippen LogP contribution in [0.15, 0.2) is 137 Å². The van der Waals surface area contributed by atoms with Gasteiger partial charge in [-0.15, -0.1) is 0 Å². The van der Waals surface area contributed by atoms with Crippen molar-refractivity contribution >= 4 is 31.4 Å². The average molecular weight is 665 g/mol. The van der Waals surface area contributed by atoms with E-state index in [2.05, 4.69) is 0 Å². The summed E-state index contributed by atoms with van der Waals surface area (Å²) in [6.45, 7) is 4.24. The minimum atomic E-state index is -3.96. The van der Waals surface area contributed by atoms with Gasteiger partial charge >= 0.3 is 0 Å². The summed E-state index contributed by atoms with van der Waals surface area (Å²) in [6.07, 6.45) is 3.84. The van der Waals surface area contributed by atoms with Crippen molar-refractivity contribution in [3.8, 4) is 0 Å². The van der Waals surface area contributed by atoms with E-state index in [9.17, 15) is 21.6 Å². The maximum absolute atomic E-state index is 14.7. The van der Waals surface area contributed by atoms with Gasteiger partial charge in [0.25, 0.3) is 0 Å². The Kier molecular flexibility index (Phi) is 7.91. The number of sulfonamides is 2. The summed E-state index contributed by atoms with van der Waals surface area (Å²) in [6, 6.07) is 32.3. The highest BCUT2D eigenvalue weighted by Crippen LogP contribution is 2.53. The molecule has 0 unspecified atom stereocenters. The van der Waals surface area contributed by atoms with Crippen molar-refractivity contribution in [1.82, 2.24) is 8.61 Å². The molecule has 4 aromatic carbocycles. The van der Waals surface area contributed by atoms with E-state index in [1.165, 1.54) is 8.61 Å². The maximum atomic E-state index is 14.7. The number of aryl methyl sites for hydroxylation is 2. The lowest BCUT2D eigenvalue weighted by Gasteiger charge is -2.32. The van der Waals surface area contributed by atoms with Gasteiger partial charge in [0.1, 0.15) is 0 Å². The Morgan fingerprint density at radius 2 is 1.21 bits per heavy atom. The van der Waals surface area contributed by atoms with Gasteiger partial charge in [-0.2, -0.15) is 8.61 Å². The van der Waals surface area contributed by atoms with Crippen LogP contribution in [0.25, 0.3) is 5.57 Å². The Hall–Kier alpha value is -4.15. The van der Waals surface area contributed by atoms with Crippen LogP contribution in [0.4, 0.5) is 0 Å². The van der Waals surface area contributed by atoms with Gasteiger partial charge in [-0.25, -0.2) is 16.8 Å². The molecule has 0 bridgehead atoms. The molecule has 3 aliphatic rings. The van der Waals surface area contributed by atoms with Crippen molar-refractivity contribution in [1.29, 1.82) is 0 Å². The normalized spacial score (nSPS) is 23.4. The number of benzene rings is 4. The van der Waals surface area contributed by atoms with Crippen LogP contribution in [0.3, 0.4) is 0 Å². The fourth-order valence-corrected chi connectivity index (χ4v) is 10.2. The maximum Gasteiger partial charge on any atom is 0.243 e. The molecule has 0 amide bonds. The van der Waals surface area contributed by atoms with Gasteiger partial charge in [0.05, 0.1) is 15.2 Å². The lowest BCUT2D eigenvalue weighted by Crippen LogP contribution is -2.39. The van der Waals surface area contributed by atoms with Gasteiger partial charge in [-0.3, -0.25) is 4.79 Å². The molecule has 0 aromatic heterocycles. The predicted octanol–water partition coefficient (Wildman–Crippen LogP) is 6.14. The van der Waals surface area contributed by atoms with Crippen molar-refractivity contribution < 1.29 is 21.6 Å². The summed E-state index contributed by atoms with van der Waals surface area (Å²) in [7, 11) is -7.77. The molecule has 0 radical (unpaired) electrons. The Balaban J connectivity index is 1.39. The molecule has 4 aromatic rings. The molecule has 0 N–H and O–H groups in total. The van der Waals surface area contributed by atoms with Crippen LogP contribution >= 0.6 is 0 Å². The van der Waals surface area contributed by atoms with Gasteiger partial charge in [-0.05, 0) is 54.8 Å². The zero-order chi connectivity index (χ0) is 33.0. The van der Waals surface area contributed by atoms with Crippen LogP contribution in [0.1, 0.15) is 27.0 Å². The fraction of sp³-hybridized carbons (Fsp3) is 0.237. The molecule has 1 aliphatic carbocycles. The zero-order valence-electron chi connectivity index (χ0n) is 26.3. The van der Waals surface area contributed by atoms with Crippen molar-refractivity contribution in [3.63, 3.8) is 0 Å². The highest BCUT2D eigenvalue weighted by Gasteiger charge is 2.57. The lowest BCUT2D eigenvalue weighted by atomic mass is 9.68. The highest BCUT2D eigenvalue weighted by molar-refractivity contribution is 7.89. The summed E-state index contributed by atoms with van der Waals surface area (Å²) >= 11 is 0. The van der Waals surface area contributed by atoms with Crippen LogP contribution in [0.5, 0.6) is 0 Å². The number of ketones is 1. The molecule has 0 saturated carbocycles. The van der Waals surface area contributed by atoms with Gasteiger partial charge in [0, 0.05) is 43.6 Å². The molecular weight excluding hydrogens is 629 g/mol. The molecule has 2 heterocycles. The summed E-state index contributed by atoms with van der Waals surface area (Å²) in [5.74, 6) is -0.992. The van der Waals surface area contributed by atoms with Crippen molar-refractivity contribution in [2.75, 3.05) is 26.2 Å². The van der Waals surface area contributed by atoms with Gasteiger partial charge in [0.2, 0.25) is 20.0 Å². The van der Waals surface area contributed by atoms with Crippen LogP contribution in [0.2, 0.25) is 0 Å². The monoisotopic (exact) mass is 664 g/mol. The molecule has 2 aliphatic heterocycles. The van der Waals surface area contributed by atoms with Gasteiger partial charge in [0.15, 0.2) is 5.78 Å². The summed E-state index contributed by atoms with van der Waals surface area (Å²) < 4.78 is 59.1. The first kappa shape index (κ1) is 31.4. The number of carbonyl (C=O) groups is 1. The number of hydrogen-bond acceptors (Lipinski definition) is 5. The second kappa shape index (κ2) is 11.8.